The van der Waals surface area contributed by atoms with Gasteiger partial charge in [0, 0.05) is 17.7 Å². The van der Waals surface area contributed by atoms with Crippen molar-refractivity contribution in [3.8, 4) is 5.75 Å². The molecule has 0 aliphatic heterocycles. The molecule has 0 aromatic heterocycles. The van der Waals surface area contributed by atoms with Crippen LogP contribution in [0.15, 0.2) is 72.8 Å². The molecule has 5 heteroatoms. The number of carbonyl (C=O) groups is 1. The SMILES string of the molecule is O=C(Nc1ccc(Cl)c(Cl)c1)c1cccc(OCCc2ccccc2)c1. The number of rotatable bonds is 6. The molecule has 0 fully saturated rings. The predicted octanol–water partition coefficient (Wildman–Crippen LogP) is 5.87. The van der Waals surface area contributed by atoms with Crippen molar-refractivity contribution < 1.29 is 9.53 Å². The van der Waals surface area contributed by atoms with Crippen LogP contribution in [0.3, 0.4) is 0 Å². The predicted molar refractivity (Wildman–Crippen MR) is 106 cm³/mol. The summed E-state index contributed by atoms with van der Waals surface area (Å²) in [7, 11) is 0. The molecule has 0 bridgehead atoms. The maximum absolute atomic E-state index is 12.4. The van der Waals surface area contributed by atoms with Crippen LogP contribution in [0, 0.1) is 0 Å². The van der Waals surface area contributed by atoms with Gasteiger partial charge in [-0.2, -0.15) is 0 Å². The maximum Gasteiger partial charge on any atom is 0.255 e. The van der Waals surface area contributed by atoms with Gasteiger partial charge >= 0.3 is 0 Å². The third-order valence-electron chi connectivity index (χ3n) is 3.78. The monoisotopic (exact) mass is 385 g/mol. The molecule has 0 unspecified atom stereocenters. The number of ether oxygens (including phenoxy) is 1. The summed E-state index contributed by atoms with van der Waals surface area (Å²) >= 11 is 11.9. The van der Waals surface area contributed by atoms with Crippen LogP contribution in [0.25, 0.3) is 0 Å². The minimum absolute atomic E-state index is 0.239. The van der Waals surface area contributed by atoms with Gasteiger partial charge in [-0.1, -0.05) is 59.6 Å². The summed E-state index contributed by atoms with van der Waals surface area (Å²) in [5, 5.41) is 3.63. The number of halogens is 2. The highest BCUT2D eigenvalue weighted by atomic mass is 35.5. The van der Waals surface area contributed by atoms with Crippen LogP contribution in [-0.4, -0.2) is 12.5 Å². The zero-order valence-corrected chi connectivity index (χ0v) is 15.4. The minimum Gasteiger partial charge on any atom is -0.493 e. The topological polar surface area (TPSA) is 38.3 Å². The fraction of sp³-hybridized carbons (Fsp3) is 0.0952. The molecule has 1 amide bonds. The van der Waals surface area contributed by atoms with E-state index in [9.17, 15) is 4.79 Å². The van der Waals surface area contributed by atoms with Crippen LogP contribution in [0.1, 0.15) is 15.9 Å². The van der Waals surface area contributed by atoms with Gasteiger partial charge in [0.2, 0.25) is 0 Å². The molecule has 3 aromatic carbocycles. The van der Waals surface area contributed by atoms with Gasteiger partial charge < -0.3 is 10.1 Å². The molecule has 0 aliphatic rings. The molecule has 3 nitrogen and oxygen atoms in total. The lowest BCUT2D eigenvalue weighted by Crippen LogP contribution is -2.12. The van der Waals surface area contributed by atoms with E-state index in [-0.39, 0.29) is 5.91 Å². The van der Waals surface area contributed by atoms with E-state index >= 15 is 0 Å². The molecule has 26 heavy (non-hydrogen) atoms. The number of anilines is 1. The van der Waals surface area contributed by atoms with E-state index in [0.29, 0.717) is 33.7 Å². The number of benzene rings is 3. The second kappa shape index (κ2) is 8.75. The standard InChI is InChI=1S/C21H17Cl2NO2/c22-19-10-9-17(14-20(19)23)24-21(25)16-7-4-8-18(13-16)26-12-11-15-5-2-1-3-6-15/h1-10,13-14H,11-12H2,(H,24,25). The highest BCUT2D eigenvalue weighted by Gasteiger charge is 2.08. The van der Waals surface area contributed by atoms with Gasteiger partial charge in [0.15, 0.2) is 0 Å². The lowest BCUT2D eigenvalue weighted by atomic mass is 10.1. The van der Waals surface area contributed by atoms with Crippen LogP contribution in [0.2, 0.25) is 10.0 Å². The van der Waals surface area contributed by atoms with Crippen molar-refractivity contribution >= 4 is 34.8 Å². The molecular weight excluding hydrogens is 369 g/mol. The molecule has 0 aliphatic carbocycles. The molecule has 0 spiro atoms. The van der Waals surface area contributed by atoms with Crippen molar-refractivity contribution in [1.29, 1.82) is 0 Å². The lowest BCUT2D eigenvalue weighted by molar-refractivity contribution is 0.102. The first-order valence-electron chi connectivity index (χ1n) is 8.15. The molecule has 0 atom stereocenters. The Kier molecular flexibility index (Phi) is 6.16. The van der Waals surface area contributed by atoms with Gasteiger partial charge in [-0.25, -0.2) is 0 Å². The summed E-state index contributed by atoms with van der Waals surface area (Å²) in [5.74, 6) is 0.416. The molecule has 3 aromatic rings. The molecule has 1 N–H and O–H groups in total. The number of nitrogens with one attached hydrogen (secondary N) is 1. The average molecular weight is 386 g/mol. The third kappa shape index (κ3) is 5.01. The Morgan fingerprint density at radius 3 is 2.46 bits per heavy atom. The molecule has 0 heterocycles. The van der Waals surface area contributed by atoms with E-state index < -0.39 is 0 Å². The second-order valence-corrected chi connectivity index (χ2v) is 6.51. The first-order valence-corrected chi connectivity index (χ1v) is 8.90. The van der Waals surface area contributed by atoms with Crippen molar-refractivity contribution in [3.05, 3.63) is 94.0 Å². The summed E-state index contributed by atoms with van der Waals surface area (Å²) in [4.78, 5) is 12.4. The van der Waals surface area contributed by atoms with Gasteiger partial charge in [-0.05, 0) is 42.0 Å². The molecule has 132 valence electrons. The third-order valence-corrected chi connectivity index (χ3v) is 4.52. The normalized spacial score (nSPS) is 10.4. The average Bonchev–Trinajstić information content (AvgIpc) is 2.66. The maximum atomic E-state index is 12.4. The molecule has 0 saturated carbocycles. The zero-order chi connectivity index (χ0) is 18.4. The number of hydrogen-bond acceptors (Lipinski definition) is 2. The van der Waals surface area contributed by atoms with Crippen molar-refractivity contribution in [2.24, 2.45) is 0 Å². The van der Waals surface area contributed by atoms with Crippen molar-refractivity contribution in [1.82, 2.24) is 0 Å². The molecule has 0 saturated heterocycles. The number of hydrogen-bond donors (Lipinski definition) is 1. The zero-order valence-electron chi connectivity index (χ0n) is 13.9. The molecule has 3 rings (SSSR count). The van der Waals surface area contributed by atoms with Crippen LogP contribution in [-0.2, 0) is 6.42 Å². The summed E-state index contributed by atoms with van der Waals surface area (Å²) in [6.45, 7) is 0.544. The smallest absolute Gasteiger partial charge is 0.255 e. The second-order valence-electron chi connectivity index (χ2n) is 5.69. The quantitative estimate of drug-likeness (QED) is 0.576. The minimum atomic E-state index is -0.239. The number of carbonyl (C=O) groups excluding carboxylic acids is 1. The Bertz CT molecular complexity index is 898. The van der Waals surface area contributed by atoms with Gasteiger partial charge in [0.05, 0.1) is 16.7 Å². The van der Waals surface area contributed by atoms with Gasteiger partial charge in [0.1, 0.15) is 5.75 Å². The van der Waals surface area contributed by atoms with Gasteiger partial charge in [-0.15, -0.1) is 0 Å². The van der Waals surface area contributed by atoms with Crippen LogP contribution >= 0.6 is 23.2 Å². The van der Waals surface area contributed by atoms with E-state index in [1.165, 1.54) is 5.56 Å². The molecular formula is C21H17Cl2NO2. The Morgan fingerprint density at radius 1 is 0.885 bits per heavy atom. The highest BCUT2D eigenvalue weighted by Crippen LogP contribution is 2.25. The summed E-state index contributed by atoms with van der Waals surface area (Å²) in [6.07, 6.45) is 0.806. The summed E-state index contributed by atoms with van der Waals surface area (Å²) < 4.78 is 5.77. The Labute approximate surface area is 162 Å². The van der Waals surface area contributed by atoms with E-state index in [4.69, 9.17) is 27.9 Å². The van der Waals surface area contributed by atoms with Crippen LogP contribution in [0.4, 0.5) is 5.69 Å². The summed E-state index contributed by atoms with van der Waals surface area (Å²) in [5.41, 5.74) is 2.30. The Hall–Kier alpha value is -2.49. The van der Waals surface area contributed by atoms with E-state index in [2.05, 4.69) is 17.4 Å². The Balaban J connectivity index is 1.60. The molecule has 0 radical (unpaired) electrons. The van der Waals surface area contributed by atoms with Crippen molar-refractivity contribution in [2.75, 3.05) is 11.9 Å². The Morgan fingerprint density at radius 2 is 1.69 bits per heavy atom. The van der Waals surface area contributed by atoms with Crippen molar-refractivity contribution in [3.63, 3.8) is 0 Å². The first kappa shape index (κ1) is 18.3. The van der Waals surface area contributed by atoms with E-state index in [1.54, 1.807) is 36.4 Å². The van der Waals surface area contributed by atoms with E-state index in [1.807, 2.05) is 24.3 Å². The van der Waals surface area contributed by atoms with Crippen molar-refractivity contribution in [2.45, 2.75) is 6.42 Å². The number of amides is 1. The largest absolute Gasteiger partial charge is 0.493 e. The van der Waals surface area contributed by atoms with Crippen LogP contribution < -0.4 is 10.1 Å². The van der Waals surface area contributed by atoms with E-state index in [0.717, 1.165) is 6.42 Å². The van der Waals surface area contributed by atoms with Gasteiger partial charge in [0.25, 0.3) is 5.91 Å². The van der Waals surface area contributed by atoms with Crippen LogP contribution in [0.5, 0.6) is 5.75 Å². The van der Waals surface area contributed by atoms with Gasteiger partial charge in [-0.3, -0.25) is 4.79 Å². The fourth-order valence-electron chi connectivity index (χ4n) is 2.44. The first-order chi connectivity index (χ1) is 12.6. The summed E-state index contributed by atoms with van der Waals surface area (Å²) in [6, 6.07) is 22.1. The fourth-order valence-corrected chi connectivity index (χ4v) is 2.73. The highest BCUT2D eigenvalue weighted by molar-refractivity contribution is 6.42. The lowest BCUT2D eigenvalue weighted by Gasteiger charge is -2.09.